The van der Waals surface area contributed by atoms with E-state index in [4.69, 9.17) is 0 Å². The highest BCUT2D eigenvalue weighted by atomic mass is 19.1. The number of rotatable bonds is 4. The van der Waals surface area contributed by atoms with E-state index in [1.54, 1.807) is 4.90 Å². The van der Waals surface area contributed by atoms with Gasteiger partial charge in [-0.3, -0.25) is 4.79 Å². The third-order valence-electron chi connectivity index (χ3n) is 4.48. The minimum atomic E-state index is -0.345. The molecule has 26 heavy (non-hydrogen) atoms. The first kappa shape index (κ1) is 17.9. The second kappa shape index (κ2) is 8.47. The Morgan fingerprint density at radius 3 is 2.54 bits per heavy atom. The second-order valence-corrected chi connectivity index (χ2v) is 6.43. The first-order valence-corrected chi connectivity index (χ1v) is 8.75. The first-order valence-electron chi connectivity index (χ1n) is 8.75. The monoisotopic (exact) mass is 355 g/mol. The number of anilines is 1. The molecule has 0 aromatic heterocycles. The van der Waals surface area contributed by atoms with Crippen molar-refractivity contribution >= 4 is 17.6 Å². The topological polar surface area (TPSA) is 61.4 Å². The number of likely N-dealkylation sites (tertiary alicyclic amines) is 1. The number of halogens is 1. The molecule has 2 aromatic carbocycles. The standard InChI is InChI=1S/C20H22FN3O2/c21-17-8-10-18(11-9-17)23-19(25)16-7-4-12-24(14-16)20(26)22-13-15-5-2-1-3-6-15/h1-3,5-6,8-11,16H,4,7,12-14H2,(H,22,26)(H,23,25). The number of piperidine rings is 1. The first-order chi connectivity index (χ1) is 12.6. The maximum atomic E-state index is 13.0. The van der Waals surface area contributed by atoms with Gasteiger partial charge in [0.15, 0.2) is 0 Å². The van der Waals surface area contributed by atoms with E-state index in [-0.39, 0.29) is 23.7 Å². The van der Waals surface area contributed by atoms with Crippen LogP contribution in [0.5, 0.6) is 0 Å². The highest BCUT2D eigenvalue weighted by Crippen LogP contribution is 2.19. The van der Waals surface area contributed by atoms with Crippen LogP contribution in [0.1, 0.15) is 18.4 Å². The van der Waals surface area contributed by atoms with E-state index in [1.165, 1.54) is 24.3 Å². The number of hydrogen-bond donors (Lipinski definition) is 2. The van der Waals surface area contributed by atoms with Crippen molar-refractivity contribution in [2.45, 2.75) is 19.4 Å². The summed E-state index contributed by atoms with van der Waals surface area (Å²) in [4.78, 5) is 26.5. The molecule has 1 heterocycles. The van der Waals surface area contributed by atoms with E-state index in [1.807, 2.05) is 30.3 Å². The maximum absolute atomic E-state index is 13.0. The molecule has 2 aromatic rings. The van der Waals surface area contributed by atoms with Gasteiger partial charge in [0.2, 0.25) is 5.91 Å². The third kappa shape index (κ3) is 4.81. The van der Waals surface area contributed by atoms with Crippen LogP contribution in [-0.4, -0.2) is 29.9 Å². The number of amides is 3. The number of nitrogens with zero attached hydrogens (tertiary/aromatic N) is 1. The summed E-state index contributed by atoms with van der Waals surface area (Å²) in [6.07, 6.45) is 1.51. The third-order valence-corrected chi connectivity index (χ3v) is 4.48. The molecule has 1 aliphatic rings. The molecular weight excluding hydrogens is 333 g/mol. The van der Waals surface area contributed by atoms with E-state index in [9.17, 15) is 14.0 Å². The van der Waals surface area contributed by atoms with E-state index < -0.39 is 0 Å². The second-order valence-electron chi connectivity index (χ2n) is 6.43. The van der Waals surface area contributed by atoms with Gasteiger partial charge in [0, 0.05) is 25.3 Å². The van der Waals surface area contributed by atoms with E-state index in [0.717, 1.165) is 18.4 Å². The average molecular weight is 355 g/mol. The molecule has 1 unspecified atom stereocenters. The van der Waals surface area contributed by atoms with Crippen molar-refractivity contribution in [2.75, 3.05) is 18.4 Å². The molecule has 3 rings (SSSR count). The van der Waals surface area contributed by atoms with E-state index in [0.29, 0.717) is 25.3 Å². The Labute approximate surface area is 152 Å². The van der Waals surface area contributed by atoms with Crippen LogP contribution in [-0.2, 0) is 11.3 Å². The molecule has 0 aliphatic carbocycles. The van der Waals surface area contributed by atoms with Crippen molar-refractivity contribution in [3.8, 4) is 0 Å². The largest absolute Gasteiger partial charge is 0.334 e. The van der Waals surface area contributed by atoms with Gasteiger partial charge < -0.3 is 15.5 Å². The lowest BCUT2D eigenvalue weighted by molar-refractivity contribution is -0.121. The SMILES string of the molecule is O=C(Nc1ccc(F)cc1)C1CCCN(C(=O)NCc2ccccc2)C1. The van der Waals surface area contributed by atoms with Gasteiger partial charge in [-0.25, -0.2) is 9.18 Å². The number of nitrogens with one attached hydrogen (secondary N) is 2. The molecule has 2 N–H and O–H groups in total. The van der Waals surface area contributed by atoms with Gasteiger partial charge >= 0.3 is 6.03 Å². The molecule has 0 saturated carbocycles. The van der Waals surface area contributed by atoms with Gasteiger partial charge in [-0.2, -0.15) is 0 Å². The highest BCUT2D eigenvalue weighted by molar-refractivity contribution is 5.93. The molecule has 136 valence electrons. The van der Waals surface area contributed by atoms with E-state index >= 15 is 0 Å². The fourth-order valence-corrected chi connectivity index (χ4v) is 3.04. The molecule has 5 nitrogen and oxygen atoms in total. The fourth-order valence-electron chi connectivity index (χ4n) is 3.04. The predicted octanol–water partition coefficient (Wildman–Crippen LogP) is 3.39. The van der Waals surface area contributed by atoms with E-state index in [2.05, 4.69) is 10.6 Å². The van der Waals surface area contributed by atoms with Gasteiger partial charge in [-0.1, -0.05) is 30.3 Å². The summed E-state index contributed by atoms with van der Waals surface area (Å²) >= 11 is 0. The highest BCUT2D eigenvalue weighted by Gasteiger charge is 2.28. The summed E-state index contributed by atoms with van der Waals surface area (Å²) < 4.78 is 13.0. The summed E-state index contributed by atoms with van der Waals surface area (Å²) in [6.45, 7) is 1.48. The average Bonchev–Trinajstić information content (AvgIpc) is 2.69. The van der Waals surface area contributed by atoms with Crippen molar-refractivity contribution < 1.29 is 14.0 Å². The lowest BCUT2D eigenvalue weighted by Gasteiger charge is -2.32. The molecule has 3 amide bonds. The Bertz CT molecular complexity index is 749. The zero-order chi connectivity index (χ0) is 18.4. The van der Waals surface area contributed by atoms with Gasteiger partial charge in [0.1, 0.15) is 5.82 Å². The molecule has 1 aliphatic heterocycles. The van der Waals surface area contributed by atoms with Gasteiger partial charge in [0.25, 0.3) is 0 Å². The molecule has 1 atom stereocenters. The van der Waals surface area contributed by atoms with Crippen LogP contribution in [0.25, 0.3) is 0 Å². The molecule has 0 radical (unpaired) electrons. The summed E-state index contributed by atoms with van der Waals surface area (Å²) in [5.41, 5.74) is 1.59. The van der Waals surface area contributed by atoms with Crippen LogP contribution in [0.4, 0.5) is 14.9 Å². The number of carbonyl (C=O) groups excluding carboxylic acids is 2. The fraction of sp³-hybridized carbons (Fsp3) is 0.300. The Hall–Kier alpha value is -2.89. The molecule has 6 heteroatoms. The van der Waals surface area contributed by atoms with Crippen molar-refractivity contribution in [2.24, 2.45) is 5.92 Å². The van der Waals surface area contributed by atoms with Crippen LogP contribution >= 0.6 is 0 Å². The lowest BCUT2D eigenvalue weighted by Crippen LogP contribution is -2.47. The van der Waals surface area contributed by atoms with Gasteiger partial charge in [0.05, 0.1) is 5.92 Å². The molecular formula is C20H22FN3O2. The van der Waals surface area contributed by atoms with Crippen molar-refractivity contribution in [3.05, 3.63) is 66.0 Å². The molecule has 0 spiro atoms. The van der Waals surface area contributed by atoms with Crippen LogP contribution in [0.3, 0.4) is 0 Å². The quantitative estimate of drug-likeness (QED) is 0.883. The van der Waals surface area contributed by atoms with Crippen LogP contribution in [0.15, 0.2) is 54.6 Å². The van der Waals surface area contributed by atoms with Crippen LogP contribution in [0, 0.1) is 11.7 Å². The van der Waals surface area contributed by atoms with Crippen molar-refractivity contribution in [1.29, 1.82) is 0 Å². The number of urea groups is 1. The Balaban J connectivity index is 1.52. The Morgan fingerprint density at radius 2 is 1.81 bits per heavy atom. The van der Waals surface area contributed by atoms with Gasteiger partial charge in [-0.05, 0) is 42.7 Å². The van der Waals surface area contributed by atoms with Gasteiger partial charge in [-0.15, -0.1) is 0 Å². The zero-order valence-corrected chi connectivity index (χ0v) is 14.5. The smallest absolute Gasteiger partial charge is 0.317 e. The Morgan fingerprint density at radius 1 is 1.08 bits per heavy atom. The molecule has 1 saturated heterocycles. The molecule has 0 bridgehead atoms. The Kier molecular flexibility index (Phi) is 5.84. The molecule has 1 fully saturated rings. The number of carbonyl (C=O) groups is 2. The number of benzene rings is 2. The summed E-state index contributed by atoms with van der Waals surface area (Å²) in [7, 11) is 0. The lowest BCUT2D eigenvalue weighted by atomic mass is 9.97. The minimum absolute atomic E-state index is 0.142. The zero-order valence-electron chi connectivity index (χ0n) is 14.5. The maximum Gasteiger partial charge on any atom is 0.317 e. The van der Waals surface area contributed by atoms with Crippen molar-refractivity contribution in [3.63, 3.8) is 0 Å². The summed E-state index contributed by atoms with van der Waals surface area (Å²) in [5, 5.41) is 5.69. The normalized spacial score (nSPS) is 16.8. The van der Waals surface area contributed by atoms with Crippen LogP contribution in [0.2, 0.25) is 0 Å². The summed E-state index contributed by atoms with van der Waals surface area (Å²) in [6, 6.07) is 15.2. The minimum Gasteiger partial charge on any atom is -0.334 e. The number of hydrogen-bond acceptors (Lipinski definition) is 2. The van der Waals surface area contributed by atoms with Crippen LogP contribution < -0.4 is 10.6 Å². The predicted molar refractivity (Wildman–Crippen MR) is 98.0 cm³/mol. The van der Waals surface area contributed by atoms with Crippen molar-refractivity contribution in [1.82, 2.24) is 10.2 Å². The summed E-state index contributed by atoms with van der Waals surface area (Å²) in [5.74, 6) is -0.754.